The Balaban J connectivity index is 2.68. The zero-order valence-corrected chi connectivity index (χ0v) is 9.52. The van der Waals surface area contributed by atoms with E-state index in [1.54, 1.807) is 15.6 Å². The Bertz CT molecular complexity index is 548. The third-order valence-electron chi connectivity index (χ3n) is 2.39. The number of nitrogens with one attached hydrogen (secondary N) is 1. The summed E-state index contributed by atoms with van der Waals surface area (Å²) in [6, 6.07) is 0. The van der Waals surface area contributed by atoms with Crippen molar-refractivity contribution in [2.75, 3.05) is 0 Å². The maximum atomic E-state index is 7.57. The Morgan fingerprint density at radius 1 is 1.44 bits per heavy atom. The maximum absolute atomic E-state index is 7.57. The first-order valence-electron chi connectivity index (χ1n) is 4.90. The van der Waals surface area contributed by atoms with Crippen molar-refractivity contribution in [3.8, 4) is 5.82 Å². The molecule has 0 aliphatic heterocycles. The molecule has 16 heavy (non-hydrogen) atoms. The number of aromatic nitrogens is 4. The average Bonchev–Trinajstić information content (AvgIpc) is 2.69. The molecular weight excluding hydrogens is 204 g/mol. The van der Waals surface area contributed by atoms with Crippen LogP contribution in [0.25, 0.3) is 5.82 Å². The van der Waals surface area contributed by atoms with Crippen molar-refractivity contribution < 1.29 is 0 Å². The Kier molecular flexibility index (Phi) is 2.26. The molecule has 0 unspecified atom stereocenters. The minimum absolute atomic E-state index is 0.00810. The molecule has 6 nitrogen and oxygen atoms in total. The summed E-state index contributed by atoms with van der Waals surface area (Å²) in [5.74, 6) is 0.729. The number of amidine groups is 1. The summed E-state index contributed by atoms with van der Waals surface area (Å²) >= 11 is 0. The molecular formula is C10H14N6. The van der Waals surface area contributed by atoms with E-state index in [1.165, 1.54) is 0 Å². The summed E-state index contributed by atoms with van der Waals surface area (Å²) in [5.41, 5.74) is 7.98. The van der Waals surface area contributed by atoms with Gasteiger partial charge in [-0.05, 0) is 19.4 Å². The minimum Gasteiger partial charge on any atom is -0.384 e. The van der Waals surface area contributed by atoms with Gasteiger partial charge < -0.3 is 5.73 Å². The first-order chi connectivity index (χ1) is 7.50. The van der Waals surface area contributed by atoms with E-state index in [0.29, 0.717) is 5.56 Å². The summed E-state index contributed by atoms with van der Waals surface area (Å²) in [5, 5.41) is 16.0. The molecule has 2 rings (SSSR count). The molecule has 0 aliphatic rings. The summed E-state index contributed by atoms with van der Waals surface area (Å²) in [4.78, 5) is 0. The van der Waals surface area contributed by atoms with Crippen LogP contribution in [0.1, 0.15) is 16.8 Å². The van der Waals surface area contributed by atoms with Gasteiger partial charge in [0, 0.05) is 13.2 Å². The molecule has 0 bridgehead atoms. The second-order valence-electron chi connectivity index (χ2n) is 3.78. The monoisotopic (exact) mass is 218 g/mol. The van der Waals surface area contributed by atoms with Crippen LogP contribution >= 0.6 is 0 Å². The molecule has 0 spiro atoms. The fourth-order valence-electron chi connectivity index (χ4n) is 1.75. The first kappa shape index (κ1) is 10.4. The van der Waals surface area contributed by atoms with Crippen molar-refractivity contribution in [2.45, 2.75) is 13.8 Å². The highest BCUT2D eigenvalue weighted by Crippen LogP contribution is 2.16. The van der Waals surface area contributed by atoms with Gasteiger partial charge in [0.05, 0.1) is 17.5 Å². The SMILES string of the molecule is Cc1cnn(-c2c(C(=N)N)c(C)nn2C)c1. The van der Waals surface area contributed by atoms with Gasteiger partial charge in [-0.15, -0.1) is 0 Å². The fourth-order valence-corrected chi connectivity index (χ4v) is 1.75. The van der Waals surface area contributed by atoms with Crippen LogP contribution in [0.3, 0.4) is 0 Å². The number of rotatable bonds is 2. The van der Waals surface area contributed by atoms with E-state index in [-0.39, 0.29) is 5.84 Å². The summed E-state index contributed by atoms with van der Waals surface area (Å²) in [6.07, 6.45) is 3.63. The lowest BCUT2D eigenvalue weighted by atomic mass is 10.2. The van der Waals surface area contributed by atoms with E-state index in [1.807, 2.05) is 27.1 Å². The van der Waals surface area contributed by atoms with E-state index in [4.69, 9.17) is 11.1 Å². The van der Waals surface area contributed by atoms with Crippen molar-refractivity contribution in [2.24, 2.45) is 12.8 Å². The number of nitrogens with zero attached hydrogens (tertiary/aromatic N) is 4. The van der Waals surface area contributed by atoms with Crippen molar-refractivity contribution in [1.29, 1.82) is 5.41 Å². The van der Waals surface area contributed by atoms with E-state index < -0.39 is 0 Å². The second-order valence-corrected chi connectivity index (χ2v) is 3.78. The Labute approximate surface area is 93.2 Å². The zero-order chi connectivity index (χ0) is 11.9. The van der Waals surface area contributed by atoms with Crippen LogP contribution in [0.4, 0.5) is 0 Å². The minimum atomic E-state index is 0.00810. The van der Waals surface area contributed by atoms with Gasteiger partial charge in [-0.2, -0.15) is 10.2 Å². The van der Waals surface area contributed by atoms with Gasteiger partial charge >= 0.3 is 0 Å². The zero-order valence-electron chi connectivity index (χ0n) is 9.52. The van der Waals surface area contributed by atoms with Gasteiger partial charge in [0.1, 0.15) is 5.84 Å². The lowest BCUT2D eigenvalue weighted by molar-refractivity contribution is 0.693. The standard InChI is InChI=1S/C10H14N6/c1-6-4-13-16(5-6)10-8(9(11)12)7(2)14-15(10)3/h4-5H,1-3H3,(H3,11,12). The molecule has 0 aliphatic carbocycles. The van der Waals surface area contributed by atoms with Gasteiger partial charge in [0.15, 0.2) is 5.82 Å². The highest BCUT2D eigenvalue weighted by molar-refractivity contribution is 5.99. The molecule has 3 N–H and O–H groups in total. The molecule has 6 heteroatoms. The van der Waals surface area contributed by atoms with Crippen LogP contribution in [0.15, 0.2) is 12.4 Å². The lowest BCUT2D eigenvalue weighted by Gasteiger charge is -2.04. The van der Waals surface area contributed by atoms with E-state index in [0.717, 1.165) is 17.1 Å². The third kappa shape index (κ3) is 1.48. The van der Waals surface area contributed by atoms with Crippen molar-refractivity contribution in [3.05, 3.63) is 29.2 Å². The van der Waals surface area contributed by atoms with Gasteiger partial charge in [0.25, 0.3) is 0 Å². The van der Waals surface area contributed by atoms with Crippen LogP contribution in [0.5, 0.6) is 0 Å². The summed E-state index contributed by atoms with van der Waals surface area (Å²) in [7, 11) is 1.81. The van der Waals surface area contributed by atoms with E-state index >= 15 is 0 Å². The van der Waals surface area contributed by atoms with Crippen LogP contribution in [0, 0.1) is 19.3 Å². The van der Waals surface area contributed by atoms with Gasteiger partial charge in [0.2, 0.25) is 0 Å². The van der Waals surface area contributed by atoms with Crippen LogP contribution in [-0.2, 0) is 7.05 Å². The molecule has 0 amide bonds. The molecule has 84 valence electrons. The van der Waals surface area contributed by atoms with Crippen molar-refractivity contribution in [1.82, 2.24) is 19.6 Å². The number of hydrogen-bond donors (Lipinski definition) is 2. The highest BCUT2D eigenvalue weighted by atomic mass is 15.4. The lowest BCUT2D eigenvalue weighted by Crippen LogP contribution is -2.16. The maximum Gasteiger partial charge on any atom is 0.162 e. The molecule has 0 saturated carbocycles. The van der Waals surface area contributed by atoms with Crippen molar-refractivity contribution in [3.63, 3.8) is 0 Å². The van der Waals surface area contributed by atoms with Crippen LogP contribution in [0.2, 0.25) is 0 Å². The molecule has 0 fully saturated rings. The quantitative estimate of drug-likeness (QED) is 0.568. The van der Waals surface area contributed by atoms with E-state index in [2.05, 4.69) is 10.2 Å². The normalized spacial score (nSPS) is 10.7. The molecule has 0 atom stereocenters. The number of hydrogen-bond acceptors (Lipinski definition) is 3. The Hall–Kier alpha value is -2.11. The molecule has 0 radical (unpaired) electrons. The van der Waals surface area contributed by atoms with E-state index in [9.17, 15) is 0 Å². The summed E-state index contributed by atoms with van der Waals surface area (Å²) in [6.45, 7) is 3.79. The molecule has 2 aromatic heterocycles. The highest BCUT2D eigenvalue weighted by Gasteiger charge is 2.17. The number of aryl methyl sites for hydroxylation is 3. The molecule has 2 heterocycles. The van der Waals surface area contributed by atoms with Gasteiger partial charge in [-0.3, -0.25) is 10.1 Å². The molecule has 0 saturated heterocycles. The molecule has 0 aromatic carbocycles. The third-order valence-corrected chi connectivity index (χ3v) is 2.39. The summed E-state index contributed by atoms with van der Waals surface area (Å²) < 4.78 is 3.37. The topological polar surface area (TPSA) is 85.5 Å². The van der Waals surface area contributed by atoms with Gasteiger partial charge in [-0.25, -0.2) is 4.68 Å². The first-order valence-corrected chi connectivity index (χ1v) is 4.90. The van der Waals surface area contributed by atoms with Gasteiger partial charge in [-0.1, -0.05) is 0 Å². The molecule has 2 aromatic rings. The van der Waals surface area contributed by atoms with Crippen LogP contribution in [-0.4, -0.2) is 25.4 Å². The Morgan fingerprint density at radius 2 is 2.12 bits per heavy atom. The predicted octanol–water partition coefficient (Wildman–Crippen LogP) is 0.507. The predicted molar refractivity (Wildman–Crippen MR) is 60.8 cm³/mol. The average molecular weight is 218 g/mol. The van der Waals surface area contributed by atoms with Crippen LogP contribution < -0.4 is 5.73 Å². The van der Waals surface area contributed by atoms with Crippen molar-refractivity contribution >= 4 is 5.84 Å². The largest absolute Gasteiger partial charge is 0.384 e. The fraction of sp³-hybridized carbons (Fsp3) is 0.300. The Morgan fingerprint density at radius 3 is 2.62 bits per heavy atom. The second kappa shape index (κ2) is 3.48. The number of nitrogen functional groups attached to an aromatic ring is 1. The smallest absolute Gasteiger partial charge is 0.162 e. The number of nitrogens with two attached hydrogens (primary N) is 1.